The van der Waals surface area contributed by atoms with Crippen molar-refractivity contribution < 1.29 is 4.74 Å². The Morgan fingerprint density at radius 2 is 1.86 bits per heavy atom. The summed E-state index contributed by atoms with van der Waals surface area (Å²) in [5, 5.41) is 3.37. The summed E-state index contributed by atoms with van der Waals surface area (Å²) in [5.41, 5.74) is 3.60. The minimum absolute atomic E-state index is 0.769. The molecule has 0 aliphatic carbocycles. The second-order valence-electron chi connectivity index (χ2n) is 5.19. The molecular weight excluding hydrogens is 282 g/mol. The average Bonchev–Trinajstić information content (AvgIpc) is 2.45. The van der Waals surface area contributed by atoms with E-state index in [0.717, 1.165) is 55.5 Å². The average molecular weight is 311 g/mol. The SMILES string of the molecule is CCCSCc1nc(C)c(CCCNCCOC)c(C)n1. The van der Waals surface area contributed by atoms with Crippen LogP contribution in [0.15, 0.2) is 0 Å². The van der Waals surface area contributed by atoms with Gasteiger partial charge in [-0.25, -0.2) is 9.97 Å². The molecule has 0 aliphatic rings. The standard InChI is InChI=1S/C16H29N3OS/c1-5-11-21-12-16-18-13(2)15(14(3)19-16)7-6-8-17-9-10-20-4/h17H,5-12H2,1-4H3. The topological polar surface area (TPSA) is 47.0 Å². The van der Waals surface area contributed by atoms with Gasteiger partial charge in [0.05, 0.1) is 12.4 Å². The maximum absolute atomic E-state index is 5.01. The molecule has 5 heteroatoms. The quantitative estimate of drug-likeness (QED) is 0.637. The van der Waals surface area contributed by atoms with Crippen molar-refractivity contribution in [3.05, 3.63) is 22.8 Å². The first-order valence-corrected chi connectivity index (χ1v) is 8.94. The number of aryl methyl sites for hydroxylation is 2. The molecule has 0 amide bonds. The van der Waals surface area contributed by atoms with E-state index >= 15 is 0 Å². The lowest BCUT2D eigenvalue weighted by atomic mass is 10.1. The van der Waals surface area contributed by atoms with E-state index in [0.29, 0.717) is 0 Å². The van der Waals surface area contributed by atoms with Gasteiger partial charge in [-0.05, 0) is 51.0 Å². The van der Waals surface area contributed by atoms with E-state index in [1.165, 1.54) is 17.7 Å². The number of aromatic nitrogens is 2. The van der Waals surface area contributed by atoms with Crippen LogP contribution in [0.25, 0.3) is 0 Å². The van der Waals surface area contributed by atoms with Crippen LogP contribution in [0.5, 0.6) is 0 Å². The van der Waals surface area contributed by atoms with E-state index in [-0.39, 0.29) is 0 Å². The molecule has 120 valence electrons. The lowest BCUT2D eigenvalue weighted by Gasteiger charge is -2.11. The predicted octanol–water partition coefficient (Wildman–Crippen LogP) is 2.91. The first-order valence-electron chi connectivity index (χ1n) is 7.79. The lowest BCUT2D eigenvalue weighted by molar-refractivity contribution is 0.199. The third-order valence-electron chi connectivity index (χ3n) is 3.31. The number of rotatable bonds is 11. The van der Waals surface area contributed by atoms with Gasteiger partial charge in [-0.15, -0.1) is 0 Å². The molecular formula is C16H29N3OS. The molecule has 1 heterocycles. The largest absolute Gasteiger partial charge is 0.383 e. The minimum Gasteiger partial charge on any atom is -0.383 e. The summed E-state index contributed by atoms with van der Waals surface area (Å²) >= 11 is 1.91. The molecule has 0 aromatic carbocycles. The highest BCUT2D eigenvalue weighted by Crippen LogP contribution is 2.16. The van der Waals surface area contributed by atoms with E-state index in [2.05, 4.69) is 36.1 Å². The van der Waals surface area contributed by atoms with Gasteiger partial charge in [0.2, 0.25) is 0 Å². The molecule has 0 radical (unpaired) electrons. The minimum atomic E-state index is 0.769. The number of methoxy groups -OCH3 is 1. The number of nitrogens with one attached hydrogen (secondary N) is 1. The van der Waals surface area contributed by atoms with E-state index in [1.54, 1.807) is 7.11 Å². The van der Waals surface area contributed by atoms with Crippen molar-refractivity contribution in [3.63, 3.8) is 0 Å². The summed E-state index contributed by atoms with van der Waals surface area (Å²) in [6.07, 6.45) is 3.36. The van der Waals surface area contributed by atoms with Crippen LogP contribution in [-0.4, -0.2) is 42.5 Å². The van der Waals surface area contributed by atoms with Crippen LogP contribution in [0, 0.1) is 13.8 Å². The molecule has 0 bridgehead atoms. The van der Waals surface area contributed by atoms with Gasteiger partial charge >= 0.3 is 0 Å². The Morgan fingerprint density at radius 3 is 2.48 bits per heavy atom. The summed E-state index contributed by atoms with van der Waals surface area (Å²) in [5.74, 6) is 3.08. The van der Waals surface area contributed by atoms with Crippen LogP contribution < -0.4 is 5.32 Å². The predicted molar refractivity (Wildman–Crippen MR) is 91.0 cm³/mol. The fraction of sp³-hybridized carbons (Fsp3) is 0.750. The summed E-state index contributed by atoms with van der Waals surface area (Å²) in [7, 11) is 1.73. The Labute approximate surface area is 133 Å². The van der Waals surface area contributed by atoms with Gasteiger partial charge in [-0.1, -0.05) is 6.92 Å². The zero-order valence-corrected chi connectivity index (χ0v) is 14.7. The van der Waals surface area contributed by atoms with Crippen molar-refractivity contribution in [1.82, 2.24) is 15.3 Å². The van der Waals surface area contributed by atoms with Crippen LogP contribution in [0.2, 0.25) is 0 Å². The highest BCUT2D eigenvalue weighted by molar-refractivity contribution is 7.98. The number of ether oxygens (including phenoxy) is 1. The number of hydrogen-bond acceptors (Lipinski definition) is 5. The summed E-state index contributed by atoms with van der Waals surface area (Å²) < 4.78 is 5.01. The van der Waals surface area contributed by atoms with Crippen molar-refractivity contribution in [2.75, 3.05) is 32.6 Å². The fourth-order valence-electron chi connectivity index (χ4n) is 2.23. The molecule has 0 spiro atoms. The Hall–Kier alpha value is -0.650. The van der Waals surface area contributed by atoms with Gasteiger partial charge in [0.1, 0.15) is 5.82 Å². The van der Waals surface area contributed by atoms with Crippen molar-refractivity contribution >= 4 is 11.8 Å². The number of nitrogens with zero attached hydrogens (tertiary/aromatic N) is 2. The zero-order valence-electron chi connectivity index (χ0n) is 13.9. The van der Waals surface area contributed by atoms with Gasteiger partial charge in [0.25, 0.3) is 0 Å². The monoisotopic (exact) mass is 311 g/mol. The van der Waals surface area contributed by atoms with Gasteiger partial charge in [0, 0.05) is 25.0 Å². The molecule has 0 fully saturated rings. The first kappa shape index (κ1) is 18.4. The molecule has 0 aliphatic heterocycles. The molecule has 0 unspecified atom stereocenters. The first-order chi connectivity index (χ1) is 10.2. The van der Waals surface area contributed by atoms with Gasteiger partial charge in [0.15, 0.2) is 0 Å². The molecule has 4 nitrogen and oxygen atoms in total. The molecule has 1 rings (SSSR count). The highest BCUT2D eigenvalue weighted by atomic mass is 32.2. The summed E-state index contributed by atoms with van der Waals surface area (Å²) in [6.45, 7) is 9.11. The van der Waals surface area contributed by atoms with Crippen molar-refractivity contribution in [3.8, 4) is 0 Å². The van der Waals surface area contributed by atoms with Crippen molar-refractivity contribution in [2.24, 2.45) is 0 Å². The Balaban J connectivity index is 2.43. The maximum Gasteiger partial charge on any atom is 0.138 e. The molecule has 1 N–H and O–H groups in total. The molecule has 1 aromatic heterocycles. The second kappa shape index (κ2) is 11.0. The molecule has 1 aromatic rings. The van der Waals surface area contributed by atoms with Crippen LogP contribution >= 0.6 is 11.8 Å². The van der Waals surface area contributed by atoms with Gasteiger partial charge in [-0.2, -0.15) is 11.8 Å². The van der Waals surface area contributed by atoms with E-state index in [4.69, 9.17) is 4.74 Å². The summed E-state index contributed by atoms with van der Waals surface area (Å²) in [6, 6.07) is 0. The molecule has 0 saturated carbocycles. The number of thioether (sulfide) groups is 1. The Kier molecular flexibility index (Phi) is 9.63. The third kappa shape index (κ3) is 7.25. The smallest absolute Gasteiger partial charge is 0.138 e. The molecule has 0 atom stereocenters. The molecule has 21 heavy (non-hydrogen) atoms. The van der Waals surface area contributed by atoms with Gasteiger partial charge in [-0.3, -0.25) is 0 Å². The fourth-order valence-corrected chi connectivity index (χ4v) is 2.98. The van der Waals surface area contributed by atoms with Gasteiger partial charge < -0.3 is 10.1 Å². The molecule has 0 saturated heterocycles. The third-order valence-corrected chi connectivity index (χ3v) is 4.47. The van der Waals surface area contributed by atoms with Crippen LogP contribution in [0.1, 0.15) is 42.5 Å². The highest BCUT2D eigenvalue weighted by Gasteiger charge is 2.08. The Bertz CT molecular complexity index is 390. The lowest BCUT2D eigenvalue weighted by Crippen LogP contribution is -2.21. The number of hydrogen-bond donors (Lipinski definition) is 1. The zero-order chi connectivity index (χ0) is 15.5. The maximum atomic E-state index is 5.01. The van der Waals surface area contributed by atoms with E-state index in [9.17, 15) is 0 Å². The normalized spacial score (nSPS) is 11.0. The Morgan fingerprint density at radius 1 is 1.14 bits per heavy atom. The van der Waals surface area contributed by atoms with E-state index in [1.807, 2.05) is 11.8 Å². The van der Waals surface area contributed by atoms with E-state index < -0.39 is 0 Å². The second-order valence-corrected chi connectivity index (χ2v) is 6.29. The van der Waals surface area contributed by atoms with Crippen molar-refractivity contribution in [2.45, 2.75) is 45.8 Å². The van der Waals surface area contributed by atoms with Crippen LogP contribution in [0.3, 0.4) is 0 Å². The van der Waals surface area contributed by atoms with Crippen LogP contribution in [-0.2, 0) is 16.9 Å². The van der Waals surface area contributed by atoms with Crippen molar-refractivity contribution in [1.29, 1.82) is 0 Å². The summed E-state index contributed by atoms with van der Waals surface area (Å²) in [4.78, 5) is 9.32. The van der Waals surface area contributed by atoms with Crippen LogP contribution in [0.4, 0.5) is 0 Å².